The van der Waals surface area contributed by atoms with Crippen LogP contribution in [0.4, 0.5) is 0 Å². The summed E-state index contributed by atoms with van der Waals surface area (Å²) in [6, 6.07) is 0. The molecular formula is C12H26N2O2. The Labute approximate surface area is 98.8 Å². The molecule has 0 saturated carbocycles. The quantitative estimate of drug-likeness (QED) is 0.489. The molecular weight excluding hydrogens is 204 g/mol. The SMILES string of the molecule is CCNCC(C)C(=O)NCCCCCCO. The minimum absolute atomic E-state index is 0.0393. The van der Waals surface area contributed by atoms with Crippen LogP contribution in [0.5, 0.6) is 0 Å². The van der Waals surface area contributed by atoms with Gasteiger partial charge in [-0.15, -0.1) is 0 Å². The Morgan fingerprint density at radius 1 is 1.25 bits per heavy atom. The molecule has 3 N–H and O–H groups in total. The lowest BCUT2D eigenvalue weighted by Crippen LogP contribution is -2.35. The second kappa shape index (κ2) is 10.9. The van der Waals surface area contributed by atoms with Gasteiger partial charge >= 0.3 is 0 Å². The van der Waals surface area contributed by atoms with Crippen LogP contribution < -0.4 is 10.6 Å². The first kappa shape index (κ1) is 15.4. The van der Waals surface area contributed by atoms with Crippen LogP contribution in [0.15, 0.2) is 0 Å². The molecule has 0 saturated heterocycles. The molecule has 1 amide bonds. The maximum Gasteiger partial charge on any atom is 0.224 e. The smallest absolute Gasteiger partial charge is 0.224 e. The third kappa shape index (κ3) is 8.68. The van der Waals surface area contributed by atoms with Gasteiger partial charge in [0.2, 0.25) is 5.91 Å². The fourth-order valence-corrected chi connectivity index (χ4v) is 1.43. The van der Waals surface area contributed by atoms with Gasteiger partial charge in [0.15, 0.2) is 0 Å². The van der Waals surface area contributed by atoms with E-state index in [1.807, 2.05) is 13.8 Å². The summed E-state index contributed by atoms with van der Waals surface area (Å²) in [6.07, 6.45) is 3.98. The van der Waals surface area contributed by atoms with Gasteiger partial charge in [-0.25, -0.2) is 0 Å². The Bertz CT molecular complexity index is 174. The number of carbonyl (C=O) groups excluding carboxylic acids is 1. The van der Waals surface area contributed by atoms with Crippen molar-refractivity contribution < 1.29 is 9.90 Å². The van der Waals surface area contributed by atoms with Crippen molar-refractivity contribution in [3.8, 4) is 0 Å². The van der Waals surface area contributed by atoms with Crippen LogP contribution in [-0.4, -0.2) is 37.3 Å². The van der Waals surface area contributed by atoms with Gasteiger partial charge in [-0.3, -0.25) is 4.79 Å². The number of amides is 1. The summed E-state index contributed by atoms with van der Waals surface area (Å²) in [5, 5.41) is 14.7. The monoisotopic (exact) mass is 230 g/mol. The van der Waals surface area contributed by atoms with Crippen LogP contribution in [-0.2, 0) is 4.79 Å². The fraction of sp³-hybridized carbons (Fsp3) is 0.917. The van der Waals surface area contributed by atoms with Gasteiger partial charge in [0.25, 0.3) is 0 Å². The molecule has 0 fully saturated rings. The summed E-state index contributed by atoms with van der Waals surface area (Å²) in [5.74, 6) is 0.167. The second-order valence-corrected chi connectivity index (χ2v) is 4.14. The average Bonchev–Trinajstić information content (AvgIpc) is 2.30. The van der Waals surface area contributed by atoms with Crippen molar-refractivity contribution in [2.45, 2.75) is 39.5 Å². The topological polar surface area (TPSA) is 61.4 Å². The Morgan fingerprint density at radius 2 is 1.94 bits per heavy atom. The van der Waals surface area contributed by atoms with E-state index in [0.717, 1.165) is 45.3 Å². The summed E-state index contributed by atoms with van der Waals surface area (Å²) in [5.41, 5.74) is 0. The number of hydrogen-bond acceptors (Lipinski definition) is 3. The first-order valence-corrected chi connectivity index (χ1v) is 6.31. The van der Waals surface area contributed by atoms with E-state index in [9.17, 15) is 4.79 Å². The zero-order chi connectivity index (χ0) is 12.2. The van der Waals surface area contributed by atoms with E-state index in [0.29, 0.717) is 0 Å². The minimum atomic E-state index is 0.0393. The van der Waals surface area contributed by atoms with Gasteiger partial charge in [0.05, 0.1) is 0 Å². The van der Waals surface area contributed by atoms with Gasteiger partial charge < -0.3 is 15.7 Å². The Hall–Kier alpha value is -0.610. The van der Waals surface area contributed by atoms with E-state index in [2.05, 4.69) is 10.6 Å². The lowest BCUT2D eigenvalue weighted by molar-refractivity contribution is -0.124. The first-order chi connectivity index (χ1) is 7.72. The summed E-state index contributed by atoms with van der Waals surface area (Å²) >= 11 is 0. The van der Waals surface area contributed by atoms with E-state index >= 15 is 0 Å². The molecule has 0 bridgehead atoms. The van der Waals surface area contributed by atoms with E-state index in [-0.39, 0.29) is 18.4 Å². The van der Waals surface area contributed by atoms with Crippen LogP contribution >= 0.6 is 0 Å². The normalized spacial score (nSPS) is 12.4. The number of nitrogens with one attached hydrogen (secondary N) is 2. The predicted octanol–water partition coefficient (Wildman–Crippen LogP) is 0.901. The molecule has 16 heavy (non-hydrogen) atoms. The van der Waals surface area contributed by atoms with Gasteiger partial charge in [0.1, 0.15) is 0 Å². The molecule has 0 aromatic carbocycles. The highest BCUT2D eigenvalue weighted by atomic mass is 16.2. The van der Waals surface area contributed by atoms with E-state index in [1.165, 1.54) is 0 Å². The Morgan fingerprint density at radius 3 is 2.56 bits per heavy atom. The third-order valence-corrected chi connectivity index (χ3v) is 2.53. The standard InChI is InChI=1S/C12H26N2O2/c1-3-13-10-11(2)12(16)14-8-6-4-5-7-9-15/h11,13,15H,3-10H2,1-2H3,(H,14,16). The number of aliphatic hydroxyl groups excluding tert-OH is 1. The highest BCUT2D eigenvalue weighted by Gasteiger charge is 2.10. The molecule has 0 radical (unpaired) electrons. The predicted molar refractivity (Wildman–Crippen MR) is 66.3 cm³/mol. The Balaban J connectivity index is 3.35. The summed E-state index contributed by atoms with van der Waals surface area (Å²) in [7, 11) is 0. The number of carbonyl (C=O) groups is 1. The van der Waals surface area contributed by atoms with Gasteiger partial charge in [-0.05, 0) is 19.4 Å². The zero-order valence-corrected chi connectivity index (χ0v) is 10.6. The van der Waals surface area contributed by atoms with Crippen LogP contribution in [0.3, 0.4) is 0 Å². The largest absolute Gasteiger partial charge is 0.396 e. The number of unbranched alkanes of at least 4 members (excludes halogenated alkanes) is 3. The fourth-order valence-electron chi connectivity index (χ4n) is 1.43. The van der Waals surface area contributed by atoms with Crippen LogP contribution in [0.1, 0.15) is 39.5 Å². The van der Waals surface area contributed by atoms with Crippen LogP contribution in [0.2, 0.25) is 0 Å². The van der Waals surface area contributed by atoms with E-state index in [1.54, 1.807) is 0 Å². The molecule has 0 aliphatic heterocycles. The summed E-state index contributed by atoms with van der Waals surface area (Å²) in [6.45, 7) is 6.63. The Kier molecular flexibility index (Phi) is 10.5. The number of aliphatic hydroxyl groups is 1. The van der Waals surface area contributed by atoms with Crippen molar-refractivity contribution in [2.24, 2.45) is 5.92 Å². The number of rotatable bonds is 10. The number of hydrogen-bond donors (Lipinski definition) is 3. The van der Waals surface area contributed by atoms with Gasteiger partial charge in [0, 0.05) is 25.6 Å². The van der Waals surface area contributed by atoms with Crippen molar-refractivity contribution in [3.63, 3.8) is 0 Å². The van der Waals surface area contributed by atoms with Crippen molar-refractivity contribution in [1.82, 2.24) is 10.6 Å². The van der Waals surface area contributed by atoms with Crippen molar-refractivity contribution >= 4 is 5.91 Å². The molecule has 0 aromatic heterocycles. The molecule has 0 aromatic rings. The molecule has 4 nitrogen and oxygen atoms in total. The van der Waals surface area contributed by atoms with Crippen LogP contribution in [0.25, 0.3) is 0 Å². The molecule has 96 valence electrons. The molecule has 4 heteroatoms. The molecule has 0 rings (SSSR count). The lowest BCUT2D eigenvalue weighted by atomic mass is 10.1. The third-order valence-electron chi connectivity index (χ3n) is 2.53. The maximum absolute atomic E-state index is 11.5. The molecule has 0 spiro atoms. The molecule has 1 atom stereocenters. The molecule has 1 unspecified atom stereocenters. The van der Waals surface area contributed by atoms with E-state index < -0.39 is 0 Å². The van der Waals surface area contributed by atoms with Crippen LogP contribution in [0, 0.1) is 5.92 Å². The van der Waals surface area contributed by atoms with Gasteiger partial charge in [-0.2, -0.15) is 0 Å². The zero-order valence-electron chi connectivity index (χ0n) is 10.6. The van der Waals surface area contributed by atoms with Crippen molar-refractivity contribution in [2.75, 3.05) is 26.2 Å². The second-order valence-electron chi connectivity index (χ2n) is 4.14. The summed E-state index contributed by atoms with van der Waals surface area (Å²) in [4.78, 5) is 11.5. The average molecular weight is 230 g/mol. The summed E-state index contributed by atoms with van der Waals surface area (Å²) < 4.78 is 0. The minimum Gasteiger partial charge on any atom is -0.396 e. The lowest BCUT2D eigenvalue weighted by Gasteiger charge is -2.12. The highest BCUT2D eigenvalue weighted by molar-refractivity contribution is 5.78. The highest BCUT2D eigenvalue weighted by Crippen LogP contribution is 1.98. The molecule has 0 heterocycles. The van der Waals surface area contributed by atoms with Gasteiger partial charge in [-0.1, -0.05) is 26.7 Å². The molecule has 0 aliphatic carbocycles. The van der Waals surface area contributed by atoms with E-state index in [4.69, 9.17) is 5.11 Å². The maximum atomic E-state index is 11.5. The molecule has 0 aliphatic rings. The first-order valence-electron chi connectivity index (χ1n) is 6.31. The van der Waals surface area contributed by atoms with Crippen molar-refractivity contribution in [1.29, 1.82) is 0 Å². The van der Waals surface area contributed by atoms with Crippen molar-refractivity contribution in [3.05, 3.63) is 0 Å².